The van der Waals surface area contributed by atoms with Gasteiger partial charge in [-0.3, -0.25) is 0 Å². The van der Waals surface area contributed by atoms with Gasteiger partial charge in [0.1, 0.15) is 9.34 Å². The summed E-state index contributed by atoms with van der Waals surface area (Å²) in [4.78, 5) is 4.18. The quantitative estimate of drug-likeness (QED) is 0.830. The van der Waals surface area contributed by atoms with E-state index < -0.39 is 5.60 Å². The van der Waals surface area contributed by atoms with Crippen LogP contribution in [-0.2, 0) is 6.54 Å². The smallest absolute Gasteiger partial charge is 0.113 e. The summed E-state index contributed by atoms with van der Waals surface area (Å²) in [7, 11) is 0. The molecule has 17 heavy (non-hydrogen) atoms. The number of nitrogens with one attached hydrogen (secondary N) is 1. The molecule has 1 heterocycles. The Hall–Kier alpha value is -0.160. The first kappa shape index (κ1) is 13.3. The lowest BCUT2D eigenvalue weighted by molar-refractivity contribution is 0.0250. The third-order valence-corrected chi connectivity index (χ3v) is 4.40. The Kier molecular flexibility index (Phi) is 4.79. The van der Waals surface area contributed by atoms with Crippen LogP contribution in [0.5, 0.6) is 0 Å². The molecule has 1 saturated carbocycles. The van der Waals surface area contributed by atoms with Gasteiger partial charge in [-0.25, -0.2) is 4.98 Å². The summed E-state index contributed by atoms with van der Waals surface area (Å²) in [5.41, 5.74) is -0.516. The van der Waals surface area contributed by atoms with Crippen molar-refractivity contribution in [3.63, 3.8) is 0 Å². The highest BCUT2D eigenvalue weighted by atomic mass is 35.5. The van der Waals surface area contributed by atoms with Crippen LogP contribution in [0, 0.1) is 0 Å². The molecule has 0 spiro atoms. The molecule has 0 bridgehead atoms. The van der Waals surface area contributed by atoms with E-state index in [4.69, 9.17) is 11.6 Å². The lowest BCUT2D eigenvalue weighted by atomic mass is 9.94. The van der Waals surface area contributed by atoms with Crippen LogP contribution in [-0.4, -0.2) is 22.2 Å². The fourth-order valence-corrected chi connectivity index (χ4v) is 3.26. The molecular formula is C12H19ClN2OS. The maximum atomic E-state index is 10.4. The van der Waals surface area contributed by atoms with E-state index in [1.54, 1.807) is 6.20 Å². The average molecular weight is 275 g/mol. The molecule has 0 amide bonds. The van der Waals surface area contributed by atoms with Gasteiger partial charge in [0.15, 0.2) is 0 Å². The van der Waals surface area contributed by atoms with Gasteiger partial charge in [-0.15, -0.1) is 11.3 Å². The molecule has 1 aromatic heterocycles. The van der Waals surface area contributed by atoms with Crippen molar-refractivity contribution >= 4 is 22.9 Å². The van der Waals surface area contributed by atoms with Crippen molar-refractivity contribution in [2.45, 2.75) is 50.7 Å². The van der Waals surface area contributed by atoms with E-state index in [0.29, 0.717) is 13.1 Å². The van der Waals surface area contributed by atoms with Crippen molar-refractivity contribution in [1.29, 1.82) is 0 Å². The van der Waals surface area contributed by atoms with Crippen LogP contribution < -0.4 is 5.32 Å². The highest BCUT2D eigenvalue weighted by Gasteiger charge is 2.27. The molecule has 0 aliphatic heterocycles. The van der Waals surface area contributed by atoms with E-state index in [1.807, 2.05) is 0 Å². The summed E-state index contributed by atoms with van der Waals surface area (Å²) in [5.74, 6) is 0. The van der Waals surface area contributed by atoms with Gasteiger partial charge in [-0.2, -0.15) is 0 Å². The minimum Gasteiger partial charge on any atom is -0.389 e. The van der Waals surface area contributed by atoms with Gasteiger partial charge in [0.2, 0.25) is 0 Å². The Morgan fingerprint density at radius 3 is 2.65 bits per heavy atom. The van der Waals surface area contributed by atoms with Crippen molar-refractivity contribution in [1.82, 2.24) is 10.3 Å². The van der Waals surface area contributed by atoms with Crippen LogP contribution in [0.15, 0.2) is 6.20 Å². The molecule has 2 N–H and O–H groups in total. The maximum Gasteiger partial charge on any atom is 0.113 e. The third kappa shape index (κ3) is 4.21. The van der Waals surface area contributed by atoms with Crippen molar-refractivity contribution < 1.29 is 5.11 Å². The van der Waals surface area contributed by atoms with Crippen molar-refractivity contribution in [2.24, 2.45) is 0 Å². The molecule has 0 atom stereocenters. The topological polar surface area (TPSA) is 45.1 Å². The number of thiazole rings is 1. The predicted molar refractivity (Wildman–Crippen MR) is 71.5 cm³/mol. The van der Waals surface area contributed by atoms with Crippen LogP contribution in [0.2, 0.25) is 4.34 Å². The fourth-order valence-electron chi connectivity index (χ4n) is 2.34. The number of rotatable bonds is 4. The first-order valence-electron chi connectivity index (χ1n) is 6.21. The highest BCUT2D eigenvalue weighted by molar-refractivity contribution is 7.15. The fraction of sp³-hybridized carbons (Fsp3) is 0.750. The van der Waals surface area contributed by atoms with Gasteiger partial charge in [0.25, 0.3) is 0 Å². The Morgan fingerprint density at radius 1 is 1.35 bits per heavy atom. The normalized spacial score (nSPS) is 20.1. The lowest BCUT2D eigenvalue weighted by Crippen LogP contribution is -2.39. The van der Waals surface area contributed by atoms with Crippen LogP contribution >= 0.6 is 22.9 Å². The standard InChI is InChI=1S/C12H19ClN2OS/c13-10-7-15-11(17-10)8-14-9-12(16)5-3-1-2-4-6-12/h7,14,16H,1-6,8-9H2. The zero-order valence-electron chi connectivity index (χ0n) is 9.91. The largest absolute Gasteiger partial charge is 0.389 e. The second-order valence-corrected chi connectivity index (χ2v) is 6.55. The Morgan fingerprint density at radius 2 is 2.06 bits per heavy atom. The number of halogens is 1. The van der Waals surface area contributed by atoms with Crippen LogP contribution in [0.4, 0.5) is 0 Å². The Bertz CT molecular complexity index is 348. The minimum absolute atomic E-state index is 0.516. The molecule has 1 aliphatic rings. The molecule has 0 saturated heterocycles. The van der Waals surface area contributed by atoms with E-state index in [0.717, 1.165) is 35.0 Å². The van der Waals surface area contributed by atoms with Gasteiger partial charge in [0, 0.05) is 13.1 Å². The number of aromatic nitrogens is 1. The molecular weight excluding hydrogens is 256 g/mol. The molecule has 96 valence electrons. The summed E-state index contributed by atoms with van der Waals surface area (Å²) in [6, 6.07) is 0. The molecule has 5 heteroatoms. The van der Waals surface area contributed by atoms with Crippen LogP contribution in [0.25, 0.3) is 0 Å². The SMILES string of the molecule is OC1(CNCc2ncc(Cl)s2)CCCCCC1. The molecule has 0 aromatic carbocycles. The molecule has 3 nitrogen and oxygen atoms in total. The number of aliphatic hydroxyl groups is 1. The highest BCUT2D eigenvalue weighted by Crippen LogP contribution is 2.26. The number of hydrogen-bond donors (Lipinski definition) is 2. The summed E-state index contributed by atoms with van der Waals surface area (Å²) < 4.78 is 0.718. The second kappa shape index (κ2) is 6.14. The third-order valence-electron chi connectivity index (χ3n) is 3.29. The van der Waals surface area contributed by atoms with E-state index >= 15 is 0 Å². The van der Waals surface area contributed by atoms with E-state index in [1.165, 1.54) is 24.2 Å². The summed E-state index contributed by atoms with van der Waals surface area (Å²) in [6.45, 7) is 1.35. The van der Waals surface area contributed by atoms with Gasteiger partial charge in [0.05, 0.1) is 11.8 Å². The van der Waals surface area contributed by atoms with Gasteiger partial charge in [-0.05, 0) is 12.8 Å². The van der Waals surface area contributed by atoms with E-state index in [-0.39, 0.29) is 0 Å². The zero-order valence-corrected chi connectivity index (χ0v) is 11.5. The Balaban J connectivity index is 1.76. The van der Waals surface area contributed by atoms with E-state index in [2.05, 4.69) is 10.3 Å². The summed E-state index contributed by atoms with van der Waals surface area (Å²) in [6.07, 6.45) is 8.29. The first-order valence-corrected chi connectivity index (χ1v) is 7.41. The maximum absolute atomic E-state index is 10.4. The molecule has 2 rings (SSSR count). The van der Waals surface area contributed by atoms with Crippen LogP contribution in [0.3, 0.4) is 0 Å². The van der Waals surface area contributed by atoms with E-state index in [9.17, 15) is 5.11 Å². The monoisotopic (exact) mass is 274 g/mol. The molecule has 0 unspecified atom stereocenters. The molecule has 1 fully saturated rings. The van der Waals surface area contributed by atoms with Crippen LogP contribution in [0.1, 0.15) is 43.5 Å². The molecule has 1 aromatic rings. The first-order chi connectivity index (χ1) is 8.18. The Labute approximate surface area is 111 Å². The molecule has 0 radical (unpaired) electrons. The lowest BCUT2D eigenvalue weighted by Gasteiger charge is -2.26. The van der Waals surface area contributed by atoms with Gasteiger partial charge < -0.3 is 10.4 Å². The average Bonchev–Trinajstić information content (AvgIpc) is 2.58. The summed E-state index contributed by atoms with van der Waals surface area (Å²) in [5, 5.41) is 14.7. The minimum atomic E-state index is -0.516. The molecule has 1 aliphatic carbocycles. The second-order valence-electron chi connectivity index (χ2n) is 4.80. The van der Waals surface area contributed by atoms with Crippen molar-refractivity contribution in [2.75, 3.05) is 6.54 Å². The van der Waals surface area contributed by atoms with Gasteiger partial charge >= 0.3 is 0 Å². The zero-order chi connectivity index (χ0) is 12.1. The number of nitrogens with zero attached hydrogens (tertiary/aromatic N) is 1. The summed E-state index contributed by atoms with van der Waals surface area (Å²) >= 11 is 7.30. The van der Waals surface area contributed by atoms with Gasteiger partial charge in [-0.1, -0.05) is 37.3 Å². The van der Waals surface area contributed by atoms with Crippen molar-refractivity contribution in [3.8, 4) is 0 Å². The van der Waals surface area contributed by atoms with Crippen molar-refractivity contribution in [3.05, 3.63) is 15.5 Å². The number of hydrogen-bond acceptors (Lipinski definition) is 4. The predicted octanol–water partition coefficient (Wildman–Crippen LogP) is 2.97.